The van der Waals surface area contributed by atoms with Crippen LogP contribution in [0.1, 0.15) is 43.7 Å². The van der Waals surface area contributed by atoms with E-state index in [2.05, 4.69) is 4.84 Å². The summed E-state index contributed by atoms with van der Waals surface area (Å²) in [5.74, 6) is -1.16. The van der Waals surface area contributed by atoms with Gasteiger partial charge in [0.1, 0.15) is 6.61 Å². The number of ether oxygens (including phenoxy) is 2. The lowest BCUT2D eigenvalue weighted by Crippen LogP contribution is -2.14. The second kappa shape index (κ2) is 14.0. The lowest BCUT2D eigenvalue weighted by atomic mass is 9.95. The topological polar surface area (TPSA) is 139 Å². The zero-order valence-electron chi connectivity index (χ0n) is 20.2. The zero-order chi connectivity index (χ0) is 26.6. The van der Waals surface area contributed by atoms with Gasteiger partial charge in [-0.3, -0.25) is 4.79 Å². The molecule has 2 rings (SSSR count). The SMILES string of the molecule is CC(=O)OCC(=C(C(=O)OCCCCCCO[N+](=O)[O-])c1ccccc1)c1ccc(S(C)(=O)=O)cc1. The normalized spacial score (nSPS) is 11.8. The molecule has 194 valence electrons. The van der Waals surface area contributed by atoms with Crippen molar-refractivity contribution in [3.05, 3.63) is 75.8 Å². The Kier molecular flexibility index (Phi) is 11.1. The lowest BCUT2D eigenvalue weighted by molar-refractivity contribution is -0.757. The maximum absolute atomic E-state index is 13.2. The Balaban J connectivity index is 2.28. The first kappa shape index (κ1) is 28.5. The van der Waals surface area contributed by atoms with Crippen LogP contribution in [0.15, 0.2) is 59.5 Å². The van der Waals surface area contributed by atoms with Gasteiger partial charge in [-0.15, -0.1) is 10.1 Å². The fourth-order valence-electron chi connectivity index (χ4n) is 3.33. The van der Waals surface area contributed by atoms with E-state index < -0.39 is 26.9 Å². The van der Waals surface area contributed by atoms with Gasteiger partial charge in [0.2, 0.25) is 0 Å². The number of carbonyl (C=O) groups is 2. The summed E-state index contributed by atoms with van der Waals surface area (Å²) in [5, 5.41) is 9.33. The summed E-state index contributed by atoms with van der Waals surface area (Å²) in [5.41, 5.74) is 1.63. The predicted molar refractivity (Wildman–Crippen MR) is 132 cm³/mol. The summed E-state index contributed by atoms with van der Waals surface area (Å²) in [6.07, 6.45) is 3.53. The molecule has 0 saturated carbocycles. The molecule has 0 N–H and O–H groups in total. The summed E-state index contributed by atoms with van der Waals surface area (Å²) in [6, 6.07) is 14.7. The minimum absolute atomic E-state index is 0.0192. The fraction of sp³-hybridized carbons (Fsp3) is 0.360. The number of benzene rings is 2. The quantitative estimate of drug-likeness (QED) is 0.0908. The third-order valence-electron chi connectivity index (χ3n) is 5.09. The van der Waals surface area contributed by atoms with Crippen molar-refractivity contribution in [2.24, 2.45) is 0 Å². The number of nitrogens with zero attached hydrogens (tertiary/aromatic N) is 1. The zero-order valence-corrected chi connectivity index (χ0v) is 21.0. The summed E-state index contributed by atoms with van der Waals surface area (Å²) < 4.78 is 34.5. The second-order valence-corrected chi connectivity index (χ2v) is 9.92. The molecule has 11 heteroatoms. The van der Waals surface area contributed by atoms with E-state index in [9.17, 15) is 28.1 Å². The van der Waals surface area contributed by atoms with Gasteiger partial charge in [-0.05, 0) is 42.5 Å². The van der Waals surface area contributed by atoms with Crippen LogP contribution in [0.3, 0.4) is 0 Å². The van der Waals surface area contributed by atoms with Crippen molar-refractivity contribution in [1.29, 1.82) is 0 Å². The fourth-order valence-corrected chi connectivity index (χ4v) is 3.96. The van der Waals surface area contributed by atoms with Crippen molar-refractivity contribution in [3.63, 3.8) is 0 Å². The monoisotopic (exact) mass is 519 g/mol. The second-order valence-electron chi connectivity index (χ2n) is 7.90. The summed E-state index contributed by atoms with van der Waals surface area (Å²) in [7, 11) is -3.42. The molecule has 0 saturated heterocycles. The van der Waals surface area contributed by atoms with Crippen molar-refractivity contribution in [3.8, 4) is 0 Å². The average molecular weight is 520 g/mol. The number of hydrogen-bond donors (Lipinski definition) is 0. The van der Waals surface area contributed by atoms with E-state index in [1.54, 1.807) is 42.5 Å². The summed E-state index contributed by atoms with van der Waals surface area (Å²) in [6.45, 7) is 1.18. The van der Waals surface area contributed by atoms with Crippen LogP contribution >= 0.6 is 0 Å². The number of hydrogen-bond acceptors (Lipinski definition) is 9. The minimum atomic E-state index is -3.42. The van der Waals surface area contributed by atoms with Gasteiger partial charge in [-0.25, -0.2) is 13.2 Å². The van der Waals surface area contributed by atoms with Crippen LogP contribution in [-0.4, -0.2) is 51.5 Å². The van der Waals surface area contributed by atoms with Crippen LogP contribution in [0, 0.1) is 10.1 Å². The lowest BCUT2D eigenvalue weighted by Gasteiger charge is -2.16. The van der Waals surface area contributed by atoms with Crippen molar-refractivity contribution in [2.75, 3.05) is 26.1 Å². The van der Waals surface area contributed by atoms with E-state index in [1.165, 1.54) is 19.1 Å². The molecule has 0 aromatic heterocycles. The Morgan fingerprint density at radius 1 is 0.861 bits per heavy atom. The molecule has 36 heavy (non-hydrogen) atoms. The Labute approximate surface area is 209 Å². The van der Waals surface area contributed by atoms with Crippen molar-refractivity contribution >= 4 is 32.9 Å². The summed E-state index contributed by atoms with van der Waals surface area (Å²) in [4.78, 5) is 39.3. The van der Waals surface area contributed by atoms with Crippen molar-refractivity contribution in [1.82, 2.24) is 0 Å². The van der Waals surface area contributed by atoms with Crippen LogP contribution in [0.5, 0.6) is 0 Å². The maximum atomic E-state index is 13.2. The highest BCUT2D eigenvalue weighted by atomic mass is 32.2. The number of esters is 2. The maximum Gasteiger partial charge on any atom is 0.339 e. The van der Waals surface area contributed by atoms with E-state index in [0.29, 0.717) is 42.4 Å². The largest absolute Gasteiger partial charge is 0.462 e. The van der Waals surface area contributed by atoms with Crippen molar-refractivity contribution < 1.29 is 37.4 Å². The van der Waals surface area contributed by atoms with Crippen LogP contribution in [0.2, 0.25) is 0 Å². The Morgan fingerprint density at radius 2 is 1.47 bits per heavy atom. The van der Waals surface area contributed by atoms with Crippen LogP contribution < -0.4 is 0 Å². The molecule has 2 aromatic carbocycles. The molecule has 2 aromatic rings. The molecule has 0 bridgehead atoms. The van der Waals surface area contributed by atoms with Crippen LogP contribution in [0.4, 0.5) is 0 Å². The van der Waals surface area contributed by atoms with E-state index in [0.717, 1.165) is 6.26 Å². The molecule has 10 nitrogen and oxygen atoms in total. The first-order chi connectivity index (χ1) is 17.1. The molecule has 0 radical (unpaired) electrons. The van der Waals surface area contributed by atoms with Gasteiger partial charge in [-0.2, -0.15) is 0 Å². The van der Waals surface area contributed by atoms with Gasteiger partial charge < -0.3 is 14.3 Å². The molecule has 0 heterocycles. The van der Waals surface area contributed by atoms with Gasteiger partial charge in [0.25, 0.3) is 5.09 Å². The smallest absolute Gasteiger partial charge is 0.339 e. The van der Waals surface area contributed by atoms with Crippen molar-refractivity contribution in [2.45, 2.75) is 37.5 Å². The Bertz CT molecular complexity index is 1170. The van der Waals surface area contributed by atoms with Crippen LogP contribution in [0.25, 0.3) is 11.1 Å². The highest BCUT2D eigenvalue weighted by molar-refractivity contribution is 7.90. The Hall–Kier alpha value is -3.73. The average Bonchev–Trinajstić information content (AvgIpc) is 2.83. The molecule has 0 unspecified atom stereocenters. The Morgan fingerprint density at radius 3 is 2.03 bits per heavy atom. The third kappa shape index (κ3) is 9.49. The van der Waals surface area contributed by atoms with E-state index in [4.69, 9.17) is 9.47 Å². The number of unbranched alkanes of at least 4 members (excludes halogenated alkanes) is 3. The van der Waals surface area contributed by atoms with Gasteiger partial charge in [0.15, 0.2) is 9.84 Å². The van der Waals surface area contributed by atoms with Crippen LogP contribution in [-0.2, 0) is 33.7 Å². The molecular formula is C25H29NO9S. The molecule has 0 aliphatic carbocycles. The number of rotatable bonds is 14. The van der Waals surface area contributed by atoms with E-state index in [1.807, 2.05) is 0 Å². The van der Waals surface area contributed by atoms with E-state index in [-0.39, 0.29) is 30.3 Å². The predicted octanol–water partition coefficient (Wildman–Crippen LogP) is 3.88. The first-order valence-electron chi connectivity index (χ1n) is 11.3. The number of carbonyl (C=O) groups excluding carboxylic acids is 2. The van der Waals surface area contributed by atoms with Gasteiger partial charge in [0, 0.05) is 18.8 Å². The van der Waals surface area contributed by atoms with Gasteiger partial charge >= 0.3 is 11.9 Å². The van der Waals surface area contributed by atoms with Gasteiger partial charge in [0.05, 0.1) is 23.7 Å². The molecule has 0 aliphatic rings. The molecule has 0 aliphatic heterocycles. The highest BCUT2D eigenvalue weighted by Crippen LogP contribution is 2.29. The van der Waals surface area contributed by atoms with E-state index >= 15 is 0 Å². The van der Waals surface area contributed by atoms with Gasteiger partial charge in [-0.1, -0.05) is 48.9 Å². The minimum Gasteiger partial charge on any atom is -0.462 e. The number of sulfone groups is 1. The standard InChI is InChI=1S/C25H29NO9S/c1-19(27)34-18-23(20-12-14-22(15-13-20)36(2,31)32)24(21-10-6-5-7-11-21)25(28)33-16-8-3-4-9-17-35-26(29)30/h5-7,10-15H,3-4,8-9,16-18H2,1-2H3. The molecule has 0 spiro atoms. The summed E-state index contributed by atoms with van der Waals surface area (Å²) >= 11 is 0. The first-order valence-corrected chi connectivity index (χ1v) is 13.2. The highest BCUT2D eigenvalue weighted by Gasteiger charge is 2.22. The molecule has 0 fully saturated rings. The molecule has 0 amide bonds. The third-order valence-corrected chi connectivity index (χ3v) is 6.22. The molecule has 0 atom stereocenters. The molecular weight excluding hydrogens is 490 g/mol.